The van der Waals surface area contributed by atoms with E-state index in [1.165, 1.54) is 22.3 Å². The lowest BCUT2D eigenvalue weighted by Gasteiger charge is -2.33. The second-order valence-corrected chi connectivity index (χ2v) is 7.39. The fourth-order valence-electron chi connectivity index (χ4n) is 3.94. The summed E-state index contributed by atoms with van der Waals surface area (Å²) in [7, 11) is 0. The van der Waals surface area contributed by atoms with E-state index >= 15 is 0 Å². The zero-order valence-corrected chi connectivity index (χ0v) is 15.5. The highest BCUT2D eigenvalue weighted by molar-refractivity contribution is 5.89. The lowest BCUT2D eigenvalue weighted by atomic mass is 9.86. The number of likely N-dealkylation sites (tertiary alicyclic amines) is 1. The smallest absolute Gasteiger partial charge is 0.135 e. The monoisotopic (exact) mass is 347 g/mol. The van der Waals surface area contributed by atoms with Crippen molar-refractivity contribution in [2.24, 2.45) is 5.92 Å². The van der Waals surface area contributed by atoms with E-state index in [2.05, 4.69) is 41.3 Å². The number of carbonyl (C=O) groups is 1. The van der Waals surface area contributed by atoms with Crippen LogP contribution in [0.5, 0.6) is 11.5 Å². The number of para-hydroxylation sites is 2. The molecule has 1 fully saturated rings. The molecule has 2 aliphatic rings. The number of carbonyl (C=O) groups excluding carboxylic acids is 1. The third-order valence-electron chi connectivity index (χ3n) is 5.57. The van der Waals surface area contributed by atoms with Gasteiger partial charge in [0.2, 0.25) is 0 Å². The Balaban J connectivity index is 1.65. The van der Waals surface area contributed by atoms with Gasteiger partial charge in [0.25, 0.3) is 0 Å². The first kappa shape index (κ1) is 17.0. The quantitative estimate of drug-likeness (QED) is 0.674. The highest BCUT2D eigenvalue weighted by Crippen LogP contribution is 2.46. The van der Waals surface area contributed by atoms with Crippen LogP contribution in [-0.4, -0.2) is 30.3 Å². The van der Waals surface area contributed by atoms with Crippen LogP contribution in [0.3, 0.4) is 0 Å². The van der Waals surface area contributed by atoms with Crippen LogP contribution in [0.15, 0.2) is 54.1 Å². The standard InChI is InChI=1S/C23H25NO2/c1-16(17(2)25)15-24-13-11-18(12-14-24)23-19-7-3-5-9-21(19)26-22-10-6-4-8-20(22)23/h3-10,16H,11-15H2,1-2H3. The van der Waals surface area contributed by atoms with E-state index in [1.807, 2.05) is 19.1 Å². The third kappa shape index (κ3) is 3.19. The zero-order chi connectivity index (χ0) is 18.1. The van der Waals surface area contributed by atoms with Gasteiger partial charge in [0.05, 0.1) is 0 Å². The van der Waals surface area contributed by atoms with Crippen LogP contribution >= 0.6 is 0 Å². The molecule has 0 saturated carbocycles. The normalized spacial score (nSPS) is 17.9. The average Bonchev–Trinajstić information content (AvgIpc) is 2.66. The van der Waals surface area contributed by atoms with Crippen molar-refractivity contribution >= 4 is 11.4 Å². The fraction of sp³-hybridized carbons (Fsp3) is 0.348. The molecular formula is C23H25NO2. The van der Waals surface area contributed by atoms with Crippen LogP contribution in [-0.2, 0) is 4.79 Å². The van der Waals surface area contributed by atoms with Crippen molar-refractivity contribution in [3.05, 3.63) is 65.2 Å². The van der Waals surface area contributed by atoms with Crippen molar-refractivity contribution in [2.75, 3.05) is 19.6 Å². The van der Waals surface area contributed by atoms with Crippen LogP contribution in [0.25, 0.3) is 5.57 Å². The molecule has 3 heteroatoms. The SMILES string of the molecule is CC(=O)C(C)CN1CCC(=C2c3ccccc3Oc3ccccc32)CC1. The topological polar surface area (TPSA) is 29.5 Å². The molecule has 0 amide bonds. The molecule has 26 heavy (non-hydrogen) atoms. The summed E-state index contributed by atoms with van der Waals surface area (Å²) >= 11 is 0. The van der Waals surface area contributed by atoms with Gasteiger partial charge in [-0.1, -0.05) is 48.9 Å². The van der Waals surface area contributed by atoms with Gasteiger partial charge in [-0.2, -0.15) is 0 Å². The maximum absolute atomic E-state index is 11.6. The number of ketones is 1. The number of nitrogens with zero attached hydrogens (tertiary/aromatic N) is 1. The molecule has 0 aromatic heterocycles. The number of hydrogen-bond acceptors (Lipinski definition) is 3. The molecule has 3 nitrogen and oxygen atoms in total. The van der Waals surface area contributed by atoms with E-state index in [1.54, 1.807) is 6.92 Å². The molecular weight excluding hydrogens is 322 g/mol. The third-order valence-corrected chi connectivity index (χ3v) is 5.57. The summed E-state index contributed by atoms with van der Waals surface area (Å²) in [5, 5.41) is 0. The Hall–Kier alpha value is -2.39. The van der Waals surface area contributed by atoms with Crippen LogP contribution in [0.1, 0.15) is 37.8 Å². The Kier molecular flexibility index (Phi) is 4.64. The molecule has 0 bridgehead atoms. The predicted molar refractivity (Wildman–Crippen MR) is 104 cm³/mol. The Morgan fingerprint density at radius 3 is 2.08 bits per heavy atom. The first-order chi connectivity index (χ1) is 12.6. The Labute approximate surface area is 155 Å². The van der Waals surface area contributed by atoms with Gasteiger partial charge in [-0.15, -0.1) is 0 Å². The van der Waals surface area contributed by atoms with E-state index in [0.717, 1.165) is 44.0 Å². The van der Waals surface area contributed by atoms with Crippen molar-refractivity contribution in [1.82, 2.24) is 4.90 Å². The summed E-state index contributed by atoms with van der Waals surface area (Å²) in [5.74, 6) is 2.29. The van der Waals surface area contributed by atoms with E-state index in [-0.39, 0.29) is 11.7 Å². The number of benzene rings is 2. The van der Waals surface area contributed by atoms with Gasteiger partial charge in [-0.3, -0.25) is 4.79 Å². The molecule has 134 valence electrons. The molecule has 1 atom stereocenters. The first-order valence-corrected chi connectivity index (χ1v) is 9.45. The lowest BCUT2D eigenvalue weighted by molar-refractivity contribution is -0.120. The number of rotatable bonds is 3. The van der Waals surface area contributed by atoms with Crippen LogP contribution in [0.2, 0.25) is 0 Å². The molecule has 0 spiro atoms. The molecule has 0 radical (unpaired) electrons. The first-order valence-electron chi connectivity index (χ1n) is 9.45. The number of fused-ring (bicyclic) bond motifs is 2. The van der Waals surface area contributed by atoms with Crippen LogP contribution in [0.4, 0.5) is 0 Å². The predicted octanol–water partition coefficient (Wildman–Crippen LogP) is 4.92. The number of piperidine rings is 1. The maximum Gasteiger partial charge on any atom is 0.135 e. The molecule has 4 rings (SSSR count). The molecule has 2 heterocycles. The summed E-state index contributed by atoms with van der Waals surface area (Å²) < 4.78 is 6.12. The minimum absolute atomic E-state index is 0.119. The maximum atomic E-state index is 11.6. The molecule has 0 aliphatic carbocycles. The fourth-order valence-corrected chi connectivity index (χ4v) is 3.94. The van der Waals surface area contributed by atoms with Crippen molar-refractivity contribution in [3.8, 4) is 11.5 Å². The van der Waals surface area contributed by atoms with Crippen molar-refractivity contribution in [3.63, 3.8) is 0 Å². The van der Waals surface area contributed by atoms with E-state index < -0.39 is 0 Å². The Morgan fingerprint density at radius 1 is 1.00 bits per heavy atom. The summed E-state index contributed by atoms with van der Waals surface area (Å²) in [6.07, 6.45) is 2.09. The molecule has 2 aliphatic heterocycles. The molecule has 1 saturated heterocycles. The largest absolute Gasteiger partial charge is 0.456 e. The lowest BCUT2D eigenvalue weighted by Crippen LogP contribution is -2.36. The number of Topliss-reactive ketones (excluding diaryl/α,β-unsaturated/α-hetero) is 1. The summed E-state index contributed by atoms with van der Waals surface area (Å²) in [5.41, 5.74) is 5.25. The highest BCUT2D eigenvalue weighted by Gasteiger charge is 2.26. The van der Waals surface area contributed by atoms with Gasteiger partial charge in [0, 0.05) is 36.7 Å². The van der Waals surface area contributed by atoms with Crippen LogP contribution < -0.4 is 4.74 Å². The van der Waals surface area contributed by atoms with Gasteiger partial charge in [0.15, 0.2) is 0 Å². The van der Waals surface area contributed by atoms with Crippen molar-refractivity contribution < 1.29 is 9.53 Å². The summed E-state index contributed by atoms with van der Waals surface area (Å²) in [4.78, 5) is 14.0. The second kappa shape index (κ2) is 7.08. The zero-order valence-electron chi connectivity index (χ0n) is 15.5. The Bertz CT molecular complexity index is 811. The van der Waals surface area contributed by atoms with Gasteiger partial charge in [-0.05, 0) is 37.5 Å². The molecule has 1 unspecified atom stereocenters. The molecule has 2 aromatic carbocycles. The van der Waals surface area contributed by atoms with Gasteiger partial charge in [0.1, 0.15) is 17.3 Å². The highest BCUT2D eigenvalue weighted by atomic mass is 16.5. The second-order valence-electron chi connectivity index (χ2n) is 7.39. The summed E-state index contributed by atoms with van der Waals surface area (Å²) in [6.45, 7) is 6.62. The average molecular weight is 347 g/mol. The van der Waals surface area contributed by atoms with E-state index in [9.17, 15) is 4.79 Å². The van der Waals surface area contributed by atoms with Crippen LogP contribution in [0, 0.1) is 5.92 Å². The van der Waals surface area contributed by atoms with E-state index in [4.69, 9.17) is 4.74 Å². The minimum Gasteiger partial charge on any atom is -0.456 e. The molecule has 0 N–H and O–H groups in total. The molecule has 2 aromatic rings. The van der Waals surface area contributed by atoms with Crippen molar-refractivity contribution in [1.29, 1.82) is 0 Å². The van der Waals surface area contributed by atoms with E-state index in [0.29, 0.717) is 0 Å². The summed E-state index contributed by atoms with van der Waals surface area (Å²) in [6, 6.07) is 16.7. The van der Waals surface area contributed by atoms with Gasteiger partial charge >= 0.3 is 0 Å². The van der Waals surface area contributed by atoms with Gasteiger partial charge in [-0.25, -0.2) is 0 Å². The van der Waals surface area contributed by atoms with Gasteiger partial charge < -0.3 is 9.64 Å². The minimum atomic E-state index is 0.119. The number of ether oxygens (including phenoxy) is 1. The Morgan fingerprint density at radius 2 is 1.54 bits per heavy atom. The number of hydrogen-bond donors (Lipinski definition) is 0. The van der Waals surface area contributed by atoms with Crippen molar-refractivity contribution in [2.45, 2.75) is 26.7 Å².